The van der Waals surface area contributed by atoms with Crippen LogP contribution in [0, 0.1) is 29.5 Å². The Kier molecular flexibility index (Phi) is 5.91. The van der Waals surface area contributed by atoms with Crippen LogP contribution in [-0.4, -0.2) is 35.6 Å². The number of rotatable bonds is 9. The van der Waals surface area contributed by atoms with Crippen LogP contribution < -0.4 is 9.64 Å². The monoisotopic (exact) mass is 441 g/mol. The van der Waals surface area contributed by atoms with E-state index in [2.05, 4.69) is 28.9 Å². The molecule has 2 atom stereocenters. The number of benzene rings is 1. The molecule has 2 unspecified atom stereocenters. The average molecular weight is 442 g/mol. The Labute approximate surface area is 188 Å². The van der Waals surface area contributed by atoms with Crippen molar-refractivity contribution in [3.63, 3.8) is 0 Å². The van der Waals surface area contributed by atoms with Gasteiger partial charge in [-0.1, -0.05) is 19.0 Å². The first-order valence-corrected chi connectivity index (χ1v) is 12.0. The SMILES string of the molecule is CC(C)c1noc(N2CCC(C3CC3CCOc3ccc(C(=O)C4CC4)c(F)c3)CC2)n1. The van der Waals surface area contributed by atoms with Crippen LogP contribution in [0.15, 0.2) is 22.7 Å². The van der Waals surface area contributed by atoms with E-state index in [9.17, 15) is 9.18 Å². The number of nitrogens with zero attached hydrogens (tertiary/aromatic N) is 3. The van der Waals surface area contributed by atoms with E-state index in [0.29, 0.717) is 24.3 Å². The fraction of sp³-hybridized carbons (Fsp3) is 0.640. The van der Waals surface area contributed by atoms with Gasteiger partial charge < -0.3 is 14.2 Å². The van der Waals surface area contributed by atoms with Gasteiger partial charge in [-0.25, -0.2) is 4.39 Å². The standard InChI is InChI=1S/C25H32FN3O3/c1-15(2)24-27-25(32-28-24)29-10-7-16(8-11-29)21-13-18(21)9-12-31-19-5-6-20(22(26)14-19)23(30)17-3-4-17/h5-6,14-18,21H,3-4,7-13H2,1-2H3. The van der Waals surface area contributed by atoms with E-state index in [4.69, 9.17) is 9.26 Å². The highest BCUT2D eigenvalue weighted by Gasteiger charge is 2.43. The lowest BCUT2D eigenvalue weighted by Gasteiger charge is -2.30. The van der Waals surface area contributed by atoms with E-state index in [1.54, 1.807) is 12.1 Å². The molecule has 2 saturated carbocycles. The minimum Gasteiger partial charge on any atom is -0.493 e. The third-order valence-electron chi connectivity index (χ3n) is 7.25. The molecule has 0 spiro atoms. The highest BCUT2D eigenvalue weighted by Crippen LogP contribution is 2.50. The van der Waals surface area contributed by atoms with E-state index in [-0.39, 0.29) is 23.2 Å². The Hall–Kier alpha value is -2.44. The second-order valence-corrected chi connectivity index (χ2v) is 9.99. The molecule has 2 heterocycles. The fourth-order valence-electron chi connectivity index (χ4n) is 4.97. The molecule has 1 saturated heterocycles. The number of anilines is 1. The normalized spacial score (nSPS) is 23.6. The van der Waals surface area contributed by atoms with Gasteiger partial charge in [0.25, 0.3) is 0 Å². The van der Waals surface area contributed by atoms with E-state index in [1.807, 2.05) is 0 Å². The summed E-state index contributed by atoms with van der Waals surface area (Å²) < 4.78 is 25.5. The predicted octanol–water partition coefficient (Wildman–Crippen LogP) is 5.25. The van der Waals surface area contributed by atoms with Crippen molar-refractivity contribution in [2.75, 3.05) is 24.6 Å². The third kappa shape index (κ3) is 4.66. The zero-order valence-corrected chi connectivity index (χ0v) is 18.9. The van der Waals surface area contributed by atoms with Crippen molar-refractivity contribution in [3.8, 4) is 5.75 Å². The van der Waals surface area contributed by atoms with Crippen molar-refractivity contribution in [1.82, 2.24) is 10.1 Å². The molecule has 7 heteroatoms. The van der Waals surface area contributed by atoms with Crippen LogP contribution in [0.3, 0.4) is 0 Å². The van der Waals surface area contributed by atoms with Crippen LogP contribution in [0.2, 0.25) is 0 Å². The maximum absolute atomic E-state index is 14.3. The topological polar surface area (TPSA) is 68.5 Å². The highest BCUT2D eigenvalue weighted by molar-refractivity contribution is 5.99. The minimum atomic E-state index is -0.461. The van der Waals surface area contributed by atoms with Gasteiger partial charge in [-0.05, 0) is 68.4 Å². The van der Waals surface area contributed by atoms with Gasteiger partial charge in [0.1, 0.15) is 11.6 Å². The zero-order chi connectivity index (χ0) is 22.2. The molecule has 0 N–H and O–H groups in total. The van der Waals surface area contributed by atoms with E-state index in [0.717, 1.165) is 62.9 Å². The Morgan fingerprint density at radius 2 is 2.03 bits per heavy atom. The van der Waals surface area contributed by atoms with E-state index < -0.39 is 5.82 Å². The highest BCUT2D eigenvalue weighted by atomic mass is 19.1. The van der Waals surface area contributed by atoms with Crippen molar-refractivity contribution < 1.29 is 18.4 Å². The maximum Gasteiger partial charge on any atom is 0.324 e. The Morgan fingerprint density at radius 1 is 1.25 bits per heavy atom. The quantitative estimate of drug-likeness (QED) is 0.495. The van der Waals surface area contributed by atoms with Crippen molar-refractivity contribution in [2.24, 2.45) is 23.7 Å². The number of piperidine rings is 1. The molecular weight excluding hydrogens is 409 g/mol. The molecule has 172 valence electrons. The van der Waals surface area contributed by atoms with Gasteiger partial charge in [0.15, 0.2) is 11.6 Å². The number of aromatic nitrogens is 2. The molecule has 6 nitrogen and oxygen atoms in total. The first-order chi connectivity index (χ1) is 15.5. The number of carbonyl (C=O) groups excluding carboxylic acids is 1. The lowest BCUT2D eigenvalue weighted by atomic mass is 9.90. The van der Waals surface area contributed by atoms with Crippen LogP contribution in [0.1, 0.15) is 74.5 Å². The summed E-state index contributed by atoms with van der Waals surface area (Å²) in [7, 11) is 0. The summed E-state index contributed by atoms with van der Waals surface area (Å²) >= 11 is 0. The van der Waals surface area contributed by atoms with Gasteiger partial charge in [-0.3, -0.25) is 4.79 Å². The lowest BCUT2D eigenvalue weighted by Crippen LogP contribution is -2.34. The van der Waals surface area contributed by atoms with Crippen LogP contribution in [0.5, 0.6) is 5.75 Å². The van der Waals surface area contributed by atoms with Crippen molar-refractivity contribution in [3.05, 3.63) is 35.4 Å². The van der Waals surface area contributed by atoms with Crippen LogP contribution in [0.4, 0.5) is 10.4 Å². The van der Waals surface area contributed by atoms with Crippen molar-refractivity contribution >= 4 is 11.8 Å². The van der Waals surface area contributed by atoms with Crippen molar-refractivity contribution in [1.29, 1.82) is 0 Å². The molecule has 0 bridgehead atoms. The average Bonchev–Trinajstić information content (AvgIpc) is 3.71. The third-order valence-corrected chi connectivity index (χ3v) is 7.25. The maximum atomic E-state index is 14.3. The second kappa shape index (κ2) is 8.83. The number of halogens is 1. The molecule has 32 heavy (non-hydrogen) atoms. The number of Topliss-reactive ketones (excluding diaryl/α,β-unsaturated/α-hetero) is 1. The number of hydrogen-bond donors (Lipinski definition) is 0. The molecule has 3 aliphatic rings. The molecule has 0 amide bonds. The summed E-state index contributed by atoms with van der Waals surface area (Å²) in [5.41, 5.74) is 0.203. The number of hydrogen-bond acceptors (Lipinski definition) is 6. The number of carbonyl (C=O) groups is 1. The molecule has 2 aromatic rings. The molecule has 0 radical (unpaired) electrons. The number of ketones is 1. The molecule has 1 aromatic carbocycles. The van der Waals surface area contributed by atoms with Gasteiger partial charge in [-0.2, -0.15) is 4.98 Å². The smallest absolute Gasteiger partial charge is 0.324 e. The molecule has 2 aliphatic carbocycles. The molecule has 5 rings (SSSR count). The fourth-order valence-corrected chi connectivity index (χ4v) is 4.97. The van der Waals surface area contributed by atoms with Crippen molar-refractivity contribution in [2.45, 2.75) is 58.3 Å². The molecular formula is C25H32FN3O3. The van der Waals surface area contributed by atoms with Gasteiger partial charge in [0, 0.05) is 31.0 Å². The van der Waals surface area contributed by atoms with E-state index >= 15 is 0 Å². The first-order valence-electron chi connectivity index (χ1n) is 12.0. The van der Waals surface area contributed by atoms with Crippen LogP contribution in [0.25, 0.3) is 0 Å². The van der Waals surface area contributed by atoms with Crippen LogP contribution in [-0.2, 0) is 0 Å². The van der Waals surface area contributed by atoms with Crippen LogP contribution >= 0.6 is 0 Å². The Morgan fingerprint density at radius 3 is 2.69 bits per heavy atom. The van der Waals surface area contributed by atoms with E-state index in [1.165, 1.54) is 12.5 Å². The summed E-state index contributed by atoms with van der Waals surface area (Å²) in [5.74, 6) is 3.27. The van der Waals surface area contributed by atoms with Gasteiger partial charge in [0.05, 0.1) is 12.2 Å². The summed E-state index contributed by atoms with van der Waals surface area (Å²) in [6.45, 7) is 6.67. The minimum absolute atomic E-state index is 0.0273. The molecule has 3 fully saturated rings. The Balaban J connectivity index is 1.04. The molecule has 1 aromatic heterocycles. The van der Waals surface area contributed by atoms with Gasteiger partial charge >= 0.3 is 6.01 Å². The zero-order valence-electron chi connectivity index (χ0n) is 18.9. The predicted molar refractivity (Wildman–Crippen MR) is 118 cm³/mol. The lowest BCUT2D eigenvalue weighted by molar-refractivity contribution is 0.0963. The summed E-state index contributed by atoms with van der Waals surface area (Å²) in [6, 6.07) is 5.32. The summed E-state index contributed by atoms with van der Waals surface area (Å²) in [5, 5.41) is 4.08. The van der Waals surface area contributed by atoms with Gasteiger partial charge in [-0.15, -0.1) is 0 Å². The number of ether oxygens (including phenoxy) is 1. The second-order valence-electron chi connectivity index (χ2n) is 9.99. The molecule has 1 aliphatic heterocycles. The summed E-state index contributed by atoms with van der Waals surface area (Å²) in [4.78, 5) is 18.8. The largest absolute Gasteiger partial charge is 0.493 e. The summed E-state index contributed by atoms with van der Waals surface area (Å²) in [6.07, 6.45) is 6.33. The Bertz CT molecular complexity index is 963. The van der Waals surface area contributed by atoms with Gasteiger partial charge in [0.2, 0.25) is 0 Å². The first kappa shape index (κ1) is 21.4.